The molecule has 0 aliphatic rings. The normalized spacial score (nSPS) is 12.9. The van der Waals surface area contributed by atoms with Gasteiger partial charge in [0.2, 0.25) is 0 Å². The van der Waals surface area contributed by atoms with Crippen molar-refractivity contribution in [2.45, 2.75) is 239 Å². The summed E-state index contributed by atoms with van der Waals surface area (Å²) < 4.78 is 16.8. The van der Waals surface area contributed by atoms with Crippen molar-refractivity contribution in [3.05, 3.63) is 97.2 Å². The van der Waals surface area contributed by atoms with E-state index in [1.54, 1.807) is 0 Å². The molecule has 0 aromatic rings. The second kappa shape index (κ2) is 52.0. The maximum atomic E-state index is 12.8. The lowest BCUT2D eigenvalue weighted by Gasteiger charge is -2.18. The first kappa shape index (κ1) is 60.3. The maximum Gasteiger partial charge on any atom is 0.306 e. The van der Waals surface area contributed by atoms with Crippen molar-refractivity contribution in [2.75, 3.05) is 13.2 Å². The van der Waals surface area contributed by atoms with Gasteiger partial charge in [0.1, 0.15) is 13.2 Å². The first-order valence-electron chi connectivity index (χ1n) is 26.2. The number of unbranched alkanes of at least 4 members (excludes halogenated alkanes) is 19. The Morgan fingerprint density at radius 1 is 0.328 bits per heavy atom. The molecule has 0 bridgehead atoms. The van der Waals surface area contributed by atoms with Crippen molar-refractivity contribution in [1.82, 2.24) is 0 Å². The van der Waals surface area contributed by atoms with Gasteiger partial charge >= 0.3 is 17.9 Å². The van der Waals surface area contributed by atoms with Crippen LogP contribution in [-0.2, 0) is 28.6 Å². The molecule has 1 atom stereocenters. The van der Waals surface area contributed by atoms with Gasteiger partial charge in [-0.1, -0.05) is 195 Å². The molecule has 0 radical (unpaired) electrons. The molecule has 0 aliphatic heterocycles. The van der Waals surface area contributed by atoms with Crippen LogP contribution in [0.1, 0.15) is 233 Å². The molecule has 0 saturated heterocycles. The van der Waals surface area contributed by atoms with Crippen molar-refractivity contribution in [3.8, 4) is 0 Å². The topological polar surface area (TPSA) is 78.9 Å². The Labute approximate surface area is 394 Å². The van der Waals surface area contributed by atoms with Crippen LogP contribution in [0.5, 0.6) is 0 Å². The molecule has 0 amide bonds. The van der Waals surface area contributed by atoms with E-state index in [4.69, 9.17) is 14.2 Å². The highest BCUT2D eigenvalue weighted by Gasteiger charge is 2.19. The Kier molecular flexibility index (Phi) is 49.0. The quantitative estimate of drug-likeness (QED) is 0.0262. The van der Waals surface area contributed by atoms with Crippen LogP contribution in [0.4, 0.5) is 0 Å². The summed E-state index contributed by atoms with van der Waals surface area (Å²) in [5.41, 5.74) is 0. The van der Waals surface area contributed by atoms with E-state index in [-0.39, 0.29) is 31.1 Å². The minimum atomic E-state index is -0.797. The molecule has 364 valence electrons. The maximum absolute atomic E-state index is 12.8. The van der Waals surface area contributed by atoms with Crippen LogP contribution in [0, 0.1) is 0 Å². The molecule has 0 heterocycles. The Bertz CT molecular complexity index is 1300. The predicted molar refractivity (Wildman–Crippen MR) is 274 cm³/mol. The van der Waals surface area contributed by atoms with Gasteiger partial charge < -0.3 is 14.2 Å². The van der Waals surface area contributed by atoms with Crippen molar-refractivity contribution >= 4 is 17.9 Å². The minimum absolute atomic E-state index is 0.0950. The predicted octanol–water partition coefficient (Wildman–Crippen LogP) is 17.4. The van der Waals surface area contributed by atoms with Gasteiger partial charge in [-0.25, -0.2) is 0 Å². The van der Waals surface area contributed by atoms with Crippen molar-refractivity contribution in [3.63, 3.8) is 0 Å². The van der Waals surface area contributed by atoms with Gasteiger partial charge in [-0.3, -0.25) is 14.4 Å². The van der Waals surface area contributed by atoms with Crippen LogP contribution in [-0.4, -0.2) is 37.2 Å². The van der Waals surface area contributed by atoms with E-state index >= 15 is 0 Å². The summed E-state index contributed by atoms with van der Waals surface area (Å²) in [6.45, 7) is 6.35. The van der Waals surface area contributed by atoms with Gasteiger partial charge in [0.25, 0.3) is 0 Å². The zero-order valence-corrected chi connectivity index (χ0v) is 41.5. The second-order valence-corrected chi connectivity index (χ2v) is 17.0. The lowest BCUT2D eigenvalue weighted by molar-refractivity contribution is -0.167. The van der Waals surface area contributed by atoms with Crippen LogP contribution in [0.3, 0.4) is 0 Å². The number of ether oxygens (including phenoxy) is 3. The van der Waals surface area contributed by atoms with Gasteiger partial charge in [0.05, 0.1) is 0 Å². The molecule has 0 saturated carbocycles. The fourth-order valence-corrected chi connectivity index (χ4v) is 6.91. The van der Waals surface area contributed by atoms with Gasteiger partial charge in [-0.05, 0) is 116 Å². The van der Waals surface area contributed by atoms with E-state index in [9.17, 15) is 14.4 Å². The standard InChI is InChI=1S/C58H96O6/c1-4-7-10-13-16-19-22-25-27-29-31-33-36-39-42-45-48-51-57(60)63-54-55(53-62-56(59)50-47-44-41-38-35-24-21-18-15-12-9-6-3)64-58(61)52-49-46-43-40-37-34-32-30-28-26-23-20-17-14-11-8-5-2/h7-8,10-11,16-21,25-28,31,33,55H,4-6,9,12-15,22-24,29-30,32,34-54H2,1-3H3/b10-7-,11-8-,19-16-,20-17-,21-18-,27-25-,28-26-,33-31-. The Hall–Kier alpha value is -3.67. The average Bonchev–Trinajstić information content (AvgIpc) is 3.29. The largest absolute Gasteiger partial charge is 0.462 e. The highest BCUT2D eigenvalue weighted by molar-refractivity contribution is 5.71. The van der Waals surface area contributed by atoms with Crippen LogP contribution in [0.15, 0.2) is 97.2 Å². The van der Waals surface area contributed by atoms with Crippen LogP contribution < -0.4 is 0 Å². The van der Waals surface area contributed by atoms with E-state index in [0.717, 1.165) is 135 Å². The average molecular weight is 889 g/mol. The summed E-state index contributed by atoms with van der Waals surface area (Å²) >= 11 is 0. The SMILES string of the molecule is CC/C=C\C/C=C\C/C=C\C/C=C\CCCCCCC(=O)OCC(COC(=O)CCCCCCC/C=C\CCCCC)OC(=O)CCCCCCCCC/C=C\C/C=C\C/C=C\CC. The monoisotopic (exact) mass is 889 g/mol. The number of hydrogen-bond acceptors (Lipinski definition) is 6. The van der Waals surface area contributed by atoms with Crippen molar-refractivity contribution in [2.24, 2.45) is 0 Å². The number of allylic oxidation sites excluding steroid dienone is 16. The number of carbonyl (C=O) groups excluding carboxylic acids is 3. The van der Waals surface area contributed by atoms with Crippen molar-refractivity contribution in [1.29, 1.82) is 0 Å². The summed E-state index contributed by atoms with van der Waals surface area (Å²) in [7, 11) is 0. The molecule has 0 N–H and O–H groups in total. The number of rotatable bonds is 46. The fourth-order valence-electron chi connectivity index (χ4n) is 6.91. The number of hydrogen-bond donors (Lipinski definition) is 0. The molecule has 0 aliphatic carbocycles. The van der Waals surface area contributed by atoms with Gasteiger partial charge in [-0.15, -0.1) is 0 Å². The molecule has 1 unspecified atom stereocenters. The van der Waals surface area contributed by atoms with Gasteiger partial charge in [-0.2, -0.15) is 0 Å². The van der Waals surface area contributed by atoms with Gasteiger partial charge in [0.15, 0.2) is 6.10 Å². The summed E-state index contributed by atoms with van der Waals surface area (Å²) in [4.78, 5) is 38.0. The third-order valence-corrected chi connectivity index (χ3v) is 10.8. The van der Waals surface area contributed by atoms with E-state index in [2.05, 4.69) is 118 Å². The molecule has 6 nitrogen and oxygen atoms in total. The molecule has 0 aromatic heterocycles. The van der Waals surface area contributed by atoms with E-state index in [1.165, 1.54) is 57.8 Å². The first-order valence-corrected chi connectivity index (χ1v) is 26.2. The zero-order chi connectivity index (χ0) is 46.5. The Balaban J connectivity index is 4.45. The first-order chi connectivity index (χ1) is 31.5. The lowest BCUT2D eigenvalue weighted by atomic mass is 10.1. The van der Waals surface area contributed by atoms with E-state index in [0.29, 0.717) is 19.3 Å². The van der Waals surface area contributed by atoms with E-state index < -0.39 is 6.10 Å². The zero-order valence-electron chi connectivity index (χ0n) is 41.5. The smallest absolute Gasteiger partial charge is 0.306 e. The minimum Gasteiger partial charge on any atom is -0.462 e. The van der Waals surface area contributed by atoms with Crippen LogP contribution in [0.25, 0.3) is 0 Å². The molecule has 6 heteroatoms. The Morgan fingerprint density at radius 3 is 0.969 bits per heavy atom. The van der Waals surface area contributed by atoms with Crippen LogP contribution >= 0.6 is 0 Å². The summed E-state index contributed by atoms with van der Waals surface area (Å²) in [5, 5.41) is 0. The highest BCUT2D eigenvalue weighted by Crippen LogP contribution is 2.14. The number of esters is 3. The van der Waals surface area contributed by atoms with Crippen LogP contribution in [0.2, 0.25) is 0 Å². The third-order valence-electron chi connectivity index (χ3n) is 10.8. The molecular formula is C58H96O6. The highest BCUT2D eigenvalue weighted by atomic mass is 16.6. The molecular weight excluding hydrogens is 793 g/mol. The molecule has 0 aromatic carbocycles. The fraction of sp³-hybridized carbons (Fsp3) is 0.672. The summed E-state index contributed by atoms with van der Waals surface area (Å²) in [6, 6.07) is 0. The number of carbonyl (C=O) groups is 3. The second-order valence-electron chi connectivity index (χ2n) is 17.0. The van der Waals surface area contributed by atoms with Crippen molar-refractivity contribution < 1.29 is 28.6 Å². The summed E-state index contributed by atoms with van der Waals surface area (Å²) in [6.07, 6.45) is 68.1. The molecule has 0 fully saturated rings. The molecule has 64 heavy (non-hydrogen) atoms. The molecule has 0 rings (SSSR count). The Morgan fingerprint density at radius 2 is 0.609 bits per heavy atom. The summed E-state index contributed by atoms with van der Waals surface area (Å²) in [5.74, 6) is -0.940. The van der Waals surface area contributed by atoms with E-state index in [1.807, 2.05) is 0 Å². The lowest BCUT2D eigenvalue weighted by Crippen LogP contribution is -2.30. The third kappa shape index (κ3) is 49.3. The van der Waals surface area contributed by atoms with Gasteiger partial charge in [0, 0.05) is 19.3 Å². The molecule has 0 spiro atoms.